The zero-order valence-corrected chi connectivity index (χ0v) is 10.2. The quantitative estimate of drug-likeness (QED) is 0.861. The van der Waals surface area contributed by atoms with Crippen molar-refractivity contribution in [2.24, 2.45) is 0 Å². The van der Waals surface area contributed by atoms with Crippen molar-refractivity contribution in [1.82, 2.24) is 14.7 Å². The topological polar surface area (TPSA) is 29.3 Å². The molecule has 0 saturated carbocycles. The van der Waals surface area contributed by atoms with E-state index < -0.39 is 11.7 Å². The number of halogens is 3. The van der Waals surface area contributed by atoms with Crippen LogP contribution in [0, 0.1) is 0 Å². The lowest BCUT2D eigenvalue weighted by Crippen LogP contribution is -2.26. The standard InChI is InChI=1S/C13H14F3N3/c14-13(15,16)9-4-5-12-18-11(8-19(12)7-9)10-3-1-2-6-17-10/h4-5,7-8,10,17H,1-3,6H2/t10-/m1/s1. The van der Waals surface area contributed by atoms with Crippen LogP contribution in [0.5, 0.6) is 0 Å². The minimum atomic E-state index is -4.32. The summed E-state index contributed by atoms with van der Waals surface area (Å²) >= 11 is 0. The smallest absolute Gasteiger partial charge is 0.309 e. The Labute approximate surface area is 108 Å². The maximum Gasteiger partial charge on any atom is 0.417 e. The molecule has 1 fully saturated rings. The van der Waals surface area contributed by atoms with E-state index in [0.717, 1.165) is 43.8 Å². The summed E-state index contributed by atoms with van der Waals surface area (Å²) in [6.07, 6.45) is 1.71. The highest BCUT2D eigenvalue weighted by atomic mass is 19.4. The molecule has 0 bridgehead atoms. The maximum absolute atomic E-state index is 12.6. The number of nitrogens with zero attached hydrogens (tertiary/aromatic N) is 2. The van der Waals surface area contributed by atoms with Crippen molar-refractivity contribution in [3.8, 4) is 0 Å². The van der Waals surface area contributed by atoms with Crippen LogP contribution in [0.25, 0.3) is 5.65 Å². The molecule has 0 spiro atoms. The second-order valence-corrected chi connectivity index (χ2v) is 4.85. The van der Waals surface area contributed by atoms with Gasteiger partial charge in [0.15, 0.2) is 0 Å². The molecular formula is C13H14F3N3. The van der Waals surface area contributed by atoms with Crippen LogP contribution < -0.4 is 5.32 Å². The Morgan fingerprint density at radius 3 is 2.74 bits per heavy atom. The van der Waals surface area contributed by atoms with Gasteiger partial charge in [0.2, 0.25) is 0 Å². The zero-order chi connectivity index (χ0) is 13.5. The lowest BCUT2D eigenvalue weighted by atomic mass is 10.0. The van der Waals surface area contributed by atoms with Gasteiger partial charge >= 0.3 is 6.18 Å². The number of pyridine rings is 1. The van der Waals surface area contributed by atoms with Crippen LogP contribution in [0.2, 0.25) is 0 Å². The van der Waals surface area contributed by atoms with Gasteiger partial charge in [0.05, 0.1) is 17.3 Å². The molecule has 1 aliphatic heterocycles. The minimum absolute atomic E-state index is 0.156. The highest BCUT2D eigenvalue weighted by molar-refractivity contribution is 5.42. The first-order valence-corrected chi connectivity index (χ1v) is 6.33. The van der Waals surface area contributed by atoms with Crippen molar-refractivity contribution in [2.45, 2.75) is 31.5 Å². The van der Waals surface area contributed by atoms with Gasteiger partial charge in [0.25, 0.3) is 0 Å². The SMILES string of the molecule is FC(F)(F)c1ccc2nc([C@H]3CCCCN3)cn2c1. The highest BCUT2D eigenvalue weighted by Gasteiger charge is 2.31. The van der Waals surface area contributed by atoms with E-state index in [0.29, 0.717) is 5.65 Å². The van der Waals surface area contributed by atoms with Crippen molar-refractivity contribution in [3.05, 3.63) is 35.8 Å². The predicted octanol–water partition coefficient (Wildman–Crippen LogP) is 3.17. The van der Waals surface area contributed by atoms with E-state index >= 15 is 0 Å². The first-order chi connectivity index (χ1) is 9.04. The number of hydrogen-bond donors (Lipinski definition) is 1. The van der Waals surface area contributed by atoms with E-state index in [-0.39, 0.29) is 6.04 Å². The molecule has 1 saturated heterocycles. The monoisotopic (exact) mass is 269 g/mol. The van der Waals surface area contributed by atoms with Crippen LogP contribution >= 0.6 is 0 Å². The van der Waals surface area contributed by atoms with Gasteiger partial charge in [0, 0.05) is 12.4 Å². The number of fused-ring (bicyclic) bond motifs is 1. The van der Waals surface area contributed by atoms with E-state index in [1.165, 1.54) is 10.5 Å². The molecule has 1 N–H and O–H groups in total. The molecule has 2 aromatic rings. The van der Waals surface area contributed by atoms with Crippen LogP contribution in [-0.2, 0) is 6.18 Å². The summed E-state index contributed by atoms with van der Waals surface area (Å²) in [6, 6.07) is 2.64. The average Bonchev–Trinajstić information content (AvgIpc) is 2.81. The fourth-order valence-corrected chi connectivity index (χ4v) is 2.45. The lowest BCUT2D eigenvalue weighted by molar-refractivity contribution is -0.137. The first kappa shape index (κ1) is 12.5. The van der Waals surface area contributed by atoms with Crippen LogP contribution in [0.1, 0.15) is 36.6 Å². The summed E-state index contributed by atoms with van der Waals surface area (Å²) in [5.74, 6) is 0. The van der Waals surface area contributed by atoms with Crippen molar-refractivity contribution < 1.29 is 13.2 Å². The Bertz CT molecular complexity index is 582. The molecule has 19 heavy (non-hydrogen) atoms. The summed E-state index contributed by atoms with van der Waals surface area (Å²) < 4.78 is 39.3. The Kier molecular flexibility index (Phi) is 2.97. The van der Waals surface area contributed by atoms with E-state index in [2.05, 4.69) is 10.3 Å². The van der Waals surface area contributed by atoms with Gasteiger partial charge < -0.3 is 9.72 Å². The molecule has 102 valence electrons. The van der Waals surface area contributed by atoms with Gasteiger partial charge in [-0.15, -0.1) is 0 Å². The van der Waals surface area contributed by atoms with Crippen molar-refractivity contribution in [3.63, 3.8) is 0 Å². The molecule has 0 unspecified atom stereocenters. The number of aromatic nitrogens is 2. The van der Waals surface area contributed by atoms with E-state index in [9.17, 15) is 13.2 Å². The molecule has 3 heterocycles. The number of alkyl halides is 3. The lowest BCUT2D eigenvalue weighted by Gasteiger charge is -2.21. The van der Waals surface area contributed by atoms with Gasteiger partial charge in [-0.3, -0.25) is 0 Å². The molecule has 0 aromatic carbocycles. The minimum Gasteiger partial charge on any atom is -0.309 e. The van der Waals surface area contributed by atoms with E-state index in [1.807, 2.05) is 0 Å². The van der Waals surface area contributed by atoms with Crippen LogP contribution in [-0.4, -0.2) is 15.9 Å². The number of imidazole rings is 1. The van der Waals surface area contributed by atoms with Crippen LogP contribution in [0.15, 0.2) is 24.5 Å². The zero-order valence-electron chi connectivity index (χ0n) is 10.2. The van der Waals surface area contributed by atoms with Gasteiger partial charge in [-0.25, -0.2) is 4.98 Å². The number of piperidine rings is 1. The molecule has 0 radical (unpaired) electrons. The van der Waals surface area contributed by atoms with Crippen molar-refractivity contribution in [2.75, 3.05) is 6.54 Å². The third kappa shape index (κ3) is 2.45. The first-order valence-electron chi connectivity index (χ1n) is 6.33. The molecule has 3 rings (SSSR count). The van der Waals surface area contributed by atoms with Gasteiger partial charge in [-0.1, -0.05) is 6.42 Å². The third-order valence-corrected chi connectivity index (χ3v) is 3.46. The predicted molar refractivity (Wildman–Crippen MR) is 64.8 cm³/mol. The second-order valence-electron chi connectivity index (χ2n) is 4.85. The molecule has 2 aromatic heterocycles. The number of rotatable bonds is 1. The van der Waals surface area contributed by atoms with Crippen LogP contribution in [0.4, 0.5) is 13.2 Å². The Morgan fingerprint density at radius 2 is 2.05 bits per heavy atom. The summed E-state index contributed by atoms with van der Waals surface area (Å²) in [6.45, 7) is 0.937. The maximum atomic E-state index is 12.6. The van der Waals surface area contributed by atoms with Crippen LogP contribution in [0.3, 0.4) is 0 Å². The molecular weight excluding hydrogens is 255 g/mol. The molecule has 1 aliphatic rings. The average molecular weight is 269 g/mol. The summed E-state index contributed by atoms with van der Waals surface area (Å²) in [5.41, 5.74) is 0.718. The highest BCUT2D eigenvalue weighted by Crippen LogP contribution is 2.30. The number of hydrogen-bond acceptors (Lipinski definition) is 2. The fourth-order valence-electron chi connectivity index (χ4n) is 2.45. The second kappa shape index (κ2) is 4.52. The third-order valence-electron chi connectivity index (χ3n) is 3.46. The Hall–Kier alpha value is -1.56. The van der Waals surface area contributed by atoms with Crippen molar-refractivity contribution in [1.29, 1.82) is 0 Å². The normalized spacial score (nSPS) is 20.9. The molecule has 0 aliphatic carbocycles. The molecule has 1 atom stereocenters. The summed E-state index contributed by atoms with van der Waals surface area (Å²) in [7, 11) is 0. The summed E-state index contributed by atoms with van der Waals surface area (Å²) in [4.78, 5) is 4.39. The number of nitrogens with one attached hydrogen (secondary N) is 1. The van der Waals surface area contributed by atoms with Gasteiger partial charge in [0.1, 0.15) is 5.65 Å². The van der Waals surface area contributed by atoms with E-state index in [1.54, 1.807) is 6.20 Å². The Balaban J connectivity index is 1.96. The Morgan fingerprint density at radius 1 is 1.21 bits per heavy atom. The fraction of sp³-hybridized carbons (Fsp3) is 0.462. The molecule has 3 nitrogen and oxygen atoms in total. The summed E-state index contributed by atoms with van der Waals surface area (Å²) in [5, 5.41) is 3.34. The van der Waals surface area contributed by atoms with Gasteiger partial charge in [-0.05, 0) is 31.5 Å². The molecule has 6 heteroatoms. The van der Waals surface area contributed by atoms with Gasteiger partial charge in [-0.2, -0.15) is 13.2 Å². The molecule has 0 amide bonds. The van der Waals surface area contributed by atoms with E-state index in [4.69, 9.17) is 0 Å². The largest absolute Gasteiger partial charge is 0.417 e. The van der Waals surface area contributed by atoms with Crippen molar-refractivity contribution >= 4 is 5.65 Å².